The number of rotatable bonds is 9. The number of nitrogens with zero attached hydrogens (tertiary/aromatic N) is 1. The second-order valence-corrected chi connectivity index (χ2v) is 10.8. The number of furan rings is 1. The number of hydrogen-bond acceptors (Lipinski definition) is 6. The standard InChI is InChI=1S/C32H30IN3O6/c1-21(22-10-4-3-5-11-22)34-29(37)32(2,35-30(38)40-19-25-16-23-12-6-9-15-28(23)42-25)17-24-18-36(31(39)41-20-33)27-14-8-7-13-26(24)27/h3-16,18,21H,17,19-20H2,1-2H3,(H,34,37)(H,35,38)/t21-,32+/m0/s1. The molecule has 0 radical (unpaired) electrons. The van der Waals surface area contributed by atoms with Gasteiger partial charge in [-0.25, -0.2) is 9.59 Å². The van der Waals surface area contributed by atoms with Gasteiger partial charge in [0, 0.05) is 23.4 Å². The van der Waals surface area contributed by atoms with E-state index in [1.807, 2.05) is 102 Å². The second-order valence-electron chi connectivity index (χ2n) is 10.1. The van der Waals surface area contributed by atoms with Crippen LogP contribution in [0.15, 0.2) is 95.5 Å². The van der Waals surface area contributed by atoms with E-state index in [0.29, 0.717) is 22.4 Å². The van der Waals surface area contributed by atoms with Crippen LogP contribution in [-0.2, 0) is 27.3 Å². The van der Waals surface area contributed by atoms with Crippen molar-refractivity contribution in [1.29, 1.82) is 0 Å². The lowest BCUT2D eigenvalue weighted by Crippen LogP contribution is -2.58. The molecule has 0 unspecified atom stereocenters. The summed E-state index contributed by atoms with van der Waals surface area (Å²) in [7, 11) is 0. The Morgan fingerprint density at radius 1 is 0.976 bits per heavy atom. The van der Waals surface area contributed by atoms with Crippen LogP contribution >= 0.6 is 22.6 Å². The van der Waals surface area contributed by atoms with Crippen LogP contribution in [0, 0.1) is 0 Å². The van der Waals surface area contributed by atoms with Crippen molar-refractivity contribution in [2.75, 3.05) is 4.61 Å². The molecule has 5 aromatic rings. The van der Waals surface area contributed by atoms with Crippen LogP contribution in [0.1, 0.15) is 36.8 Å². The summed E-state index contributed by atoms with van der Waals surface area (Å²) < 4.78 is 18.1. The molecule has 0 aliphatic heterocycles. The van der Waals surface area contributed by atoms with Crippen molar-refractivity contribution in [2.45, 2.75) is 38.5 Å². The third-order valence-electron chi connectivity index (χ3n) is 7.06. The normalized spacial score (nSPS) is 13.3. The molecule has 3 aromatic carbocycles. The predicted molar refractivity (Wildman–Crippen MR) is 167 cm³/mol. The topological polar surface area (TPSA) is 112 Å². The lowest BCUT2D eigenvalue weighted by molar-refractivity contribution is -0.127. The first-order chi connectivity index (χ1) is 20.3. The number of carbonyl (C=O) groups is 3. The smallest absolute Gasteiger partial charge is 0.419 e. The van der Waals surface area contributed by atoms with Gasteiger partial charge in [0.1, 0.15) is 21.5 Å². The Bertz CT molecular complexity index is 1700. The van der Waals surface area contributed by atoms with Gasteiger partial charge < -0.3 is 24.5 Å². The van der Waals surface area contributed by atoms with E-state index < -0.39 is 23.6 Å². The minimum atomic E-state index is -1.45. The maximum atomic E-state index is 13.9. The molecule has 2 heterocycles. The first kappa shape index (κ1) is 29.2. The number of alkyl carbamates (subject to hydrolysis) is 1. The van der Waals surface area contributed by atoms with E-state index in [9.17, 15) is 14.4 Å². The highest BCUT2D eigenvalue weighted by molar-refractivity contribution is 14.1. The van der Waals surface area contributed by atoms with E-state index in [0.717, 1.165) is 16.3 Å². The maximum Gasteiger partial charge on any atom is 0.419 e. The summed E-state index contributed by atoms with van der Waals surface area (Å²) >= 11 is 1.96. The fraction of sp³-hybridized carbons (Fsp3) is 0.219. The molecule has 216 valence electrons. The van der Waals surface area contributed by atoms with Crippen LogP contribution in [0.5, 0.6) is 0 Å². The van der Waals surface area contributed by atoms with Crippen molar-refractivity contribution in [3.63, 3.8) is 0 Å². The van der Waals surface area contributed by atoms with Crippen molar-refractivity contribution in [3.8, 4) is 0 Å². The molecule has 5 rings (SSSR count). The van der Waals surface area contributed by atoms with Gasteiger partial charge in [0.2, 0.25) is 5.91 Å². The molecule has 42 heavy (non-hydrogen) atoms. The van der Waals surface area contributed by atoms with Crippen molar-refractivity contribution in [3.05, 3.63) is 108 Å². The minimum Gasteiger partial charge on any atom is -0.457 e. The molecule has 2 aromatic heterocycles. The quantitative estimate of drug-likeness (QED) is 0.130. The zero-order valence-corrected chi connectivity index (χ0v) is 25.3. The highest BCUT2D eigenvalue weighted by Gasteiger charge is 2.38. The summed E-state index contributed by atoms with van der Waals surface area (Å²) in [6.07, 6.45) is 0.403. The van der Waals surface area contributed by atoms with Crippen molar-refractivity contribution < 1.29 is 28.3 Å². The monoisotopic (exact) mass is 679 g/mol. The van der Waals surface area contributed by atoms with Crippen molar-refractivity contribution in [2.24, 2.45) is 0 Å². The van der Waals surface area contributed by atoms with E-state index in [1.54, 1.807) is 25.3 Å². The lowest BCUT2D eigenvalue weighted by Gasteiger charge is -2.30. The summed E-state index contributed by atoms with van der Waals surface area (Å²) in [6.45, 7) is 3.40. The second kappa shape index (κ2) is 12.7. The Hall–Kier alpha value is -4.32. The highest BCUT2D eigenvalue weighted by atomic mass is 127. The molecule has 0 fully saturated rings. The number of hydrogen-bond donors (Lipinski definition) is 2. The highest BCUT2D eigenvalue weighted by Crippen LogP contribution is 2.27. The zero-order valence-electron chi connectivity index (χ0n) is 23.1. The average Bonchev–Trinajstić information content (AvgIpc) is 3.58. The van der Waals surface area contributed by atoms with E-state index >= 15 is 0 Å². The average molecular weight is 680 g/mol. The molecular weight excluding hydrogens is 649 g/mol. The van der Waals surface area contributed by atoms with Gasteiger partial charge in [-0.15, -0.1) is 0 Å². The summed E-state index contributed by atoms with van der Waals surface area (Å²) in [5, 5.41) is 7.47. The number of amides is 2. The molecule has 0 saturated carbocycles. The number of carbonyl (C=O) groups excluding carboxylic acids is 3. The van der Waals surface area contributed by atoms with Crippen molar-refractivity contribution in [1.82, 2.24) is 15.2 Å². The Kier molecular flexibility index (Phi) is 8.81. The van der Waals surface area contributed by atoms with Crippen LogP contribution < -0.4 is 10.6 Å². The molecule has 0 bridgehead atoms. The van der Waals surface area contributed by atoms with Crippen LogP contribution in [0.3, 0.4) is 0 Å². The molecule has 9 nitrogen and oxygen atoms in total. The first-order valence-corrected chi connectivity index (χ1v) is 14.9. The van der Waals surface area contributed by atoms with Gasteiger partial charge in [0.25, 0.3) is 0 Å². The Morgan fingerprint density at radius 3 is 2.45 bits per heavy atom. The summed E-state index contributed by atoms with van der Waals surface area (Å²) in [4.78, 5) is 39.7. The van der Waals surface area contributed by atoms with Crippen molar-refractivity contribution >= 4 is 62.6 Å². The number of alkyl halides is 1. The van der Waals surface area contributed by atoms with Gasteiger partial charge in [-0.2, -0.15) is 0 Å². The number of ether oxygens (including phenoxy) is 2. The van der Waals surface area contributed by atoms with Crippen LogP contribution in [0.25, 0.3) is 21.9 Å². The first-order valence-electron chi connectivity index (χ1n) is 13.4. The number of halogens is 1. The third kappa shape index (κ3) is 6.43. The van der Waals surface area contributed by atoms with Crippen LogP contribution in [0.2, 0.25) is 0 Å². The molecule has 0 aliphatic rings. The van der Waals surface area contributed by atoms with Gasteiger partial charge in [-0.3, -0.25) is 9.36 Å². The molecule has 0 saturated heterocycles. The molecule has 2 N–H and O–H groups in total. The Morgan fingerprint density at radius 2 is 1.69 bits per heavy atom. The van der Waals surface area contributed by atoms with E-state index in [4.69, 9.17) is 13.9 Å². The number of para-hydroxylation sites is 2. The zero-order chi connectivity index (χ0) is 29.7. The summed E-state index contributed by atoms with van der Waals surface area (Å²) in [5.74, 6) is 0.0678. The number of fused-ring (bicyclic) bond motifs is 2. The third-order valence-corrected chi connectivity index (χ3v) is 7.37. The van der Waals surface area contributed by atoms with Gasteiger partial charge in [-0.1, -0.05) is 66.7 Å². The molecular formula is C32H30IN3O6. The molecule has 2 amide bonds. The molecule has 2 atom stereocenters. The number of aromatic nitrogens is 1. The fourth-order valence-electron chi connectivity index (χ4n) is 4.91. The predicted octanol–water partition coefficient (Wildman–Crippen LogP) is 6.87. The SMILES string of the molecule is C[C@H](NC(=O)[C@@](C)(Cc1cn(C(=O)OCI)c2ccccc12)NC(=O)OCc1cc2ccccc2o1)c1ccccc1. The van der Waals surface area contributed by atoms with E-state index in [1.165, 1.54) is 4.57 Å². The van der Waals surface area contributed by atoms with Crippen LogP contribution in [-0.4, -0.2) is 32.8 Å². The lowest BCUT2D eigenvalue weighted by atomic mass is 9.91. The Labute approximate surface area is 256 Å². The largest absolute Gasteiger partial charge is 0.457 e. The van der Waals surface area contributed by atoms with Crippen LogP contribution in [0.4, 0.5) is 9.59 Å². The van der Waals surface area contributed by atoms with Gasteiger partial charge >= 0.3 is 12.2 Å². The summed E-state index contributed by atoms with van der Waals surface area (Å²) in [6, 6.07) is 25.9. The van der Waals surface area contributed by atoms with E-state index in [2.05, 4.69) is 10.6 Å². The summed E-state index contributed by atoms with van der Waals surface area (Å²) in [5.41, 5.74) is 1.47. The number of nitrogens with one attached hydrogen (secondary N) is 2. The molecule has 0 aliphatic carbocycles. The molecule has 10 heteroatoms. The van der Waals surface area contributed by atoms with Gasteiger partial charge in [0.15, 0.2) is 6.61 Å². The minimum absolute atomic E-state index is 0.0745. The van der Waals surface area contributed by atoms with Gasteiger partial charge in [0.05, 0.1) is 11.6 Å². The maximum absolute atomic E-state index is 13.9. The van der Waals surface area contributed by atoms with E-state index in [-0.39, 0.29) is 23.7 Å². The number of benzene rings is 3. The van der Waals surface area contributed by atoms with Gasteiger partial charge in [-0.05, 0) is 65.8 Å². The Balaban J connectivity index is 1.41. The fourth-order valence-corrected chi connectivity index (χ4v) is 5.17. The molecule has 0 spiro atoms.